The van der Waals surface area contributed by atoms with Crippen LogP contribution in [0.3, 0.4) is 0 Å². The Kier molecular flexibility index (Phi) is 5.04. The number of nitro benzene ring substituents is 2. The number of aromatic hydroxyl groups is 2. The van der Waals surface area contributed by atoms with Gasteiger partial charge in [-0.15, -0.1) is 0 Å². The summed E-state index contributed by atoms with van der Waals surface area (Å²) in [6.45, 7) is 0. The molecule has 0 fully saturated rings. The Morgan fingerprint density at radius 3 is 2.28 bits per heavy atom. The number of fused-ring (bicyclic) bond motifs is 1. The highest BCUT2D eigenvalue weighted by Gasteiger charge is 2.23. The summed E-state index contributed by atoms with van der Waals surface area (Å²) in [5.41, 5.74) is 0.178. The number of hydrazone groups is 1. The minimum atomic E-state index is -0.981. The quantitative estimate of drug-likeness (QED) is 0.338. The second-order valence-corrected chi connectivity index (χ2v) is 5.83. The number of nitro groups is 2. The first-order chi connectivity index (χ1) is 13.8. The summed E-state index contributed by atoms with van der Waals surface area (Å²) in [5, 5.41) is 46.8. The summed E-state index contributed by atoms with van der Waals surface area (Å²) in [4.78, 5) is 32.3. The Bertz CT molecular complexity index is 1190. The van der Waals surface area contributed by atoms with E-state index in [-0.39, 0.29) is 16.9 Å². The van der Waals surface area contributed by atoms with Gasteiger partial charge in [-0.05, 0) is 22.9 Å². The highest BCUT2D eigenvalue weighted by atomic mass is 16.6. The normalized spacial score (nSPS) is 10.9. The number of hydrogen-bond donors (Lipinski definition) is 3. The molecule has 0 aliphatic carbocycles. The number of carbonyl (C=O) groups excluding carboxylic acids is 1. The summed E-state index contributed by atoms with van der Waals surface area (Å²) >= 11 is 0. The fourth-order valence-corrected chi connectivity index (χ4v) is 2.60. The molecule has 0 saturated carbocycles. The Morgan fingerprint density at radius 1 is 1.00 bits per heavy atom. The van der Waals surface area contributed by atoms with Gasteiger partial charge in [0.05, 0.1) is 33.3 Å². The van der Waals surface area contributed by atoms with Crippen LogP contribution in [0.25, 0.3) is 10.8 Å². The van der Waals surface area contributed by atoms with Gasteiger partial charge in [0.1, 0.15) is 5.75 Å². The molecule has 146 valence electrons. The van der Waals surface area contributed by atoms with Crippen LogP contribution in [0.4, 0.5) is 11.4 Å². The molecule has 0 unspecified atom stereocenters. The van der Waals surface area contributed by atoms with Gasteiger partial charge in [0.15, 0.2) is 0 Å². The zero-order chi connectivity index (χ0) is 21.1. The smallest absolute Gasteiger partial charge is 0.318 e. The van der Waals surface area contributed by atoms with Gasteiger partial charge in [-0.2, -0.15) is 5.10 Å². The first kappa shape index (κ1) is 19.2. The van der Waals surface area contributed by atoms with E-state index in [9.17, 15) is 35.2 Å². The zero-order valence-corrected chi connectivity index (χ0v) is 14.5. The van der Waals surface area contributed by atoms with Crippen LogP contribution in [0, 0.1) is 20.2 Å². The number of nitrogens with zero attached hydrogens (tertiary/aromatic N) is 3. The molecule has 3 rings (SSSR count). The number of carbonyl (C=O) groups is 1. The van der Waals surface area contributed by atoms with Crippen LogP contribution in [0.2, 0.25) is 0 Å². The van der Waals surface area contributed by atoms with Crippen molar-refractivity contribution >= 4 is 34.3 Å². The number of hydrogen-bond acceptors (Lipinski definition) is 8. The first-order valence-electron chi connectivity index (χ1n) is 7.99. The Hall–Kier alpha value is -4.54. The van der Waals surface area contributed by atoms with Gasteiger partial charge in [-0.25, -0.2) is 5.43 Å². The standard InChI is InChI=1S/C18H12N4O7/c23-16-7-11-4-2-1-3-10(11)6-14(16)18(25)20-19-9-12-5-13(21(26)27)8-15(17(12)24)22(28)29/h1-9,23-24H,(H,20,25)/b19-9+. The fraction of sp³-hybridized carbons (Fsp3) is 0. The third-order valence-electron chi connectivity index (χ3n) is 3.99. The van der Waals surface area contributed by atoms with E-state index in [1.54, 1.807) is 24.3 Å². The molecule has 29 heavy (non-hydrogen) atoms. The largest absolute Gasteiger partial charge is 0.507 e. The van der Waals surface area contributed by atoms with Crippen LogP contribution >= 0.6 is 0 Å². The van der Waals surface area contributed by atoms with Gasteiger partial charge in [0.25, 0.3) is 11.6 Å². The zero-order valence-electron chi connectivity index (χ0n) is 14.5. The summed E-state index contributed by atoms with van der Waals surface area (Å²) in [7, 11) is 0. The van der Waals surface area contributed by atoms with E-state index < -0.39 is 32.9 Å². The fourth-order valence-electron chi connectivity index (χ4n) is 2.60. The van der Waals surface area contributed by atoms with E-state index >= 15 is 0 Å². The maximum absolute atomic E-state index is 12.3. The van der Waals surface area contributed by atoms with E-state index in [4.69, 9.17) is 0 Å². The third kappa shape index (κ3) is 3.93. The van der Waals surface area contributed by atoms with Crippen molar-refractivity contribution in [3.8, 4) is 11.5 Å². The molecule has 0 heterocycles. The maximum atomic E-state index is 12.3. The predicted molar refractivity (Wildman–Crippen MR) is 102 cm³/mol. The minimum absolute atomic E-state index is 0.0740. The summed E-state index contributed by atoms with van der Waals surface area (Å²) in [6, 6.07) is 11.4. The van der Waals surface area contributed by atoms with Crippen molar-refractivity contribution in [2.24, 2.45) is 5.10 Å². The number of rotatable bonds is 5. The molecule has 1 amide bonds. The van der Waals surface area contributed by atoms with E-state index in [2.05, 4.69) is 10.5 Å². The van der Waals surface area contributed by atoms with E-state index in [0.29, 0.717) is 11.5 Å². The number of amides is 1. The van der Waals surface area contributed by atoms with Crippen molar-refractivity contribution in [1.82, 2.24) is 5.43 Å². The minimum Gasteiger partial charge on any atom is -0.507 e. The van der Waals surface area contributed by atoms with Gasteiger partial charge in [-0.3, -0.25) is 25.0 Å². The van der Waals surface area contributed by atoms with Crippen LogP contribution in [0.1, 0.15) is 15.9 Å². The SMILES string of the molecule is O=C(N/N=C/c1cc([N+](=O)[O-])cc([N+](=O)[O-])c1O)c1cc2ccccc2cc1O. The van der Waals surface area contributed by atoms with E-state index in [1.807, 2.05) is 0 Å². The first-order valence-corrected chi connectivity index (χ1v) is 7.99. The lowest BCUT2D eigenvalue weighted by molar-refractivity contribution is -0.394. The molecule has 3 aromatic rings. The predicted octanol–water partition coefficient (Wildman–Crippen LogP) is 2.83. The Morgan fingerprint density at radius 2 is 1.66 bits per heavy atom. The van der Waals surface area contributed by atoms with Gasteiger partial charge in [0.2, 0.25) is 5.75 Å². The number of phenols is 2. The van der Waals surface area contributed by atoms with Crippen molar-refractivity contribution in [2.45, 2.75) is 0 Å². The average molecular weight is 396 g/mol. The van der Waals surface area contributed by atoms with Gasteiger partial charge in [0, 0.05) is 6.07 Å². The number of non-ortho nitro benzene ring substituents is 1. The molecule has 0 bridgehead atoms. The van der Waals surface area contributed by atoms with Crippen molar-refractivity contribution in [3.05, 3.63) is 79.9 Å². The number of phenolic OH excluding ortho intramolecular Hbond substituents is 2. The van der Waals surface area contributed by atoms with E-state index in [0.717, 1.165) is 17.7 Å². The molecule has 0 aromatic heterocycles. The molecule has 0 atom stereocenters. The van der Waals surface area contributed by atoms with Crippen molar-refractivity contribution in [2.75, 3.05) is 0 Å². The molecular weight excluding hydrogens is 384 g/mol. The van der Waals surface area contributed by atoms with Gasteiger partial charge < -0.3 is 10.2 Å². The molecule has 0 spiro atoms. The average Bonchev–Trinajstić information content (AvgIpc) is 2.68. The van der Waals surface area contributed by atoms with Crippen molar-refractivity contribution < 1.29 is 24.9 Å². The molecule has 11 heteroatoms. The van der Waals surface area contributed by atoms with Crippen LogP contribution in [-0.4, -0.2) is 32.2 Å². The summed E-state index contributed by atoms with van der Waals surface area (Å²) < 4.78 is 0. The lowest BCUT2D eigenvalue weighted by Crippen LogP contribution is -2.17. The second-order valence-electron chi connectivity index (χ2n) is 5.83. The molecule has 0 radical (unpaired) electrons. The third-order valence-corrected chi connectivity index (χ3v) is 3.99. The molecule has 0 saturated heterocycles. The lowest BCUT2D eigenvalue weighted by Gasteiger charge is -2.06. The topological polar surface area (TPSA) is 168 Å². The molecular formula is C18H12N4O7. The number of benzene rings is 3. The molecule has 3 aromatic carbocycles. The van der Waals surface area contributed by atoms with Gasteiger partial charge in [-0.1, -0.05) is 24.3 Å². The maximum Gasteiger partial charge on any atom is 0.318 e. The second kappa shape index (κ2) is 7.60. The number of nitrogens with one attached hydrogen (secondary N) is 1. The highest BCUT2D eigenvalue weighted by Crippen LogP contribution is 2.33. The molecule has 0 aliphatic heterocycles. The lowest BCUT2D eigenvalue weighted by atomic mass is 10.1. The summed E-state index contributed by atoms with van der Waals surface area (Å²) in [6.07, 6.45) is 0.825. The highest BCUT2D eigenvalue weighted by molar-refractivity contribution is 6.02. The van der Waals surface area contributed by atoms with Crippen LogP contribution in [0.15, 0.2) is 53.6 Å². The van der Waals surface area contributed by atoms with Crippen LogP contribution in [0.5, 0.6) is 11.5 Å². The van der Waals surface area contributed by atoms with E-state index in [1.165, 1.54) is 12.1 Å². The van der Waals surface area contributed by atoms with Crippen LogP contribution in [-0.2, 0) is 0 Å². The monoisotopic (exact) mass is 396 g/mol. The molecule has 0 aliphatic rings. The van der Waals surface area contributed by atoms with Crippen molar-refractivity contribution in [3.63, 3.8) is 0 Å². The Balaban J connectivity index is 1.88. The van der Waals surface area contributed by atoms with Gasteiger partial charge >= 0.3 is 5.69 Å². The van der Waals surface area contributed by atoms with Crippen molar-refractivity contribution in [1.29, 1.82) is 0 Å². The summed E-state index contributed by atoms with van der Waals surface area (Å²) in [5.74, 6) is -1.92. The molecule has 11 nitrogen and oxygen atoms in total. The Labute approximate surface area is 161 Å². The molecule has 3 N–H and O–H groups in total. The van der Waals surface area contributed by atoms with Crippen LogP contribution < -0.4 is 5.43 Å².